The zero-order valence-corrected chi connectivity index (χ0v) is 10.2. The van der Waals surface area contributed by atoms with Gasteiger partial charge in [-0.1, -0.05) is 37.3 Å². The molecule has 0 unspecified atom stereocenters. The zero-order chi connectivity index (χ0) is 12.1. The minimum Gasteiger partial charge on any atom is -0.383 e. The van der Waals surface area contributed by atoms with E-state index in [9.17, 15) is 0 Å². The number of pyridine rings is 1. The van der Waals surface area contributed by atoms with Crippen LogP contribution in [0.25, 0.3) is 0 Å². The van der Waals surface area contributed by atoms with Crippen LogP contribution in [0.5, 0.6) is 0 Å². The van der Waals surface area contributed by atoms with Gasteiger partial charge in [0.1, 0.15) is 5.82 Å². The monoisotopic (exact) mass is 226 g/mol. The van der Waals surface area contributed by atoms with Gasteiger partial charge in [0.25, 0.3) is 0 Å². The van der Waals surface area contributed by atoms with E-state index >= 15 is 0 Å². The highest BCUT2D eigenvalue weighted by molar-refractivity contribution is 5.39. The number of hydrogen-bond acceptors (Lipinski definition) is 2. The van der Waals surface area contributed by atoms with Gasteiger partial charge in [0.15, 0.2) is 0 Å². The van der Waals surface area contributed by atoms with E-state index < -0.39 is 0 Å². The molecule has 2 aromatic rings. The quantitative estimate of drug-likeness (QED) is 0.870. The fraction of sp³-hybridized carbons (Fsp3) is 0.267. The molecule has 0 aliphatic heterocycles. The molecule has 88 valence electrons. The van der Waals surface area contributed by atoms with E-state index in [2.05, 4.69) is 36.2 Å². The van der Waals surface area contributed by atoms with Crippen molar-refractivity contribution in [3.63, 3.8) is 0 Å². The second-order valence-corrected chi connectivity index (χ2v) is 4.22. The largest absolute Gasteiger partial charge is 0.383 e. The SMILES string of the molecule is CCc1ccc(CCc2cccnc2N)cc1. The molecule has 1 aromatic heterocycles. The Labute approximate surface area is 103 Å². The van der Waals surface area contributed by atoms with E-state index in [1.54, 1.807) is 6.20 Å². The molecule has 1 aromatic carbocycles. The highest BCUT2D eigenvalue weighted by Crippen LogP contribution is 2.12. The van der Waals surface area contributed by atoms with Crippen molar-refractivity contribution in [1.29, 1.82) is 0 Å². The van der Waals surface area contributed by atoms with Crippen LogP contribution in [0.4, 0.5) is 5.82 Å². The minimum atomic E-state index is 0.651. The number of anilines is 1. The summed E-state index contributed by atoms with van der Waals surface area (Å²) < 4.78 is 0. The number of aromatic nitrogens is 1. The van der Waals surface area contributed by atoms with Gasteiger partial charge in [-0.3, -0.25) is 0 Å². The molecule has 0 saturated heterocycles. The Morgan fingerprint density at radius 2 is 1.71 bits per heavy atom. The molecule has 0 saturated carbocycles. The number of aryl methyl sites for hydroxylation is 3. The summed E-state index contributed by atoms with van der Waals surface area (Å²) in [5.74, 6) is 0.651. The van der Waals surface area contributed by atoms with Crippen molar-refractivity contribution in [1.82, 2.24) is 4.98 Å². The molecule has 0 amide bonds. The number of hydrogen-bond donors (Lipinski definition) is 1. The molecule has 1 heterocycles. The molecule has 0 bridgehead atoms. The van der Waals surface area contributed by atoms with Gasteiger partial charge < -0.3 is 5.73 Å². The molecule has 2 rings (SSSR count). The molecule has 0 aliphatic carbocycles. The summed E-state index contributed by atoms with van der Waals surface area (Å²) in [5.41, 5.74) is 9.69. The van der Waals surface area contributed by atoms with E-state index in [0.29, 0.717) is 5.82 Å². The Bertz CT molecular complexity index is 475. The number of benzene rings is 1. The Morgan fingerprint density at radius 3 is 2.35 bits per heavy atom. The summed E-state index contributed by atoms with van der Waals surface area (Å²) in [6.07, 6.45) is 4.79. The fourth-order valence-electron chi connectivity index (χ4n) is 1.88. The van der Waals surface area contributed by atoms with Crippen LogP contribution in [-0.2, 0) is 19.3 Å². The van der Waals surface area contributed by atoms with E-state index in [4.69, 9.17) is 5.73 Å². The van der Waals surface area contributed by atoms with E-state index in [1.807, 2.05) is 12.1 Å². The highest BCUT2D eigenvalue weighted by atomic mass is 14.8. The van der Waals surface area contributed by atoms with Crippen LogP contribution in [0.15, 0.2) is 42.6 Å². The van der Waals surface area contributed by atoms with Crippen LogP contribution < -0.4 is 5.73 Å². The molecule has 17 heavy (non-hydrogen) atoms. The Hall–Kier alpha value is -1.83. The molecular weight excluding hydrogens is 208 g/mol. The normalized spacial score (nSPS) is 10.4. The van der Waals surface area contributed by atoms with E-state index in [0.717, 1.165) is 24.8 Å². The maximum atomic E-state index is 5.82. The number of nitrogen functional groups attached to an aromatic ring is 1. The molecule has 0 atom stereocenters. The van der Waals surface area contributed by atoms with Gasteiger partial charge in [0.2, 0.25) is 0 Å². The van der Waals surface area contributed by atoms with Crippen LogP contribution in [0.1, 0.15) is 23.6 Å². The average Bonchev–Trinajstić information content (AvgIpc) is 2.38. The van der Waals surface area contributed by atoms with Crippen LogP contribution in [0.2, 0.25) is 0 Å². The lowest BCUT2D eigenvalue weighted by Gasteiger charge is -2.05. The molecule has 0 spiro atoms. The maximum Gasteiger partial charge on any atom is 0.126 e. The van der Waals surface area contributed by atoms with Crippen molar-refractivity contribution in [2.24, 2.45) is 0 Å². The van der Waals surface area contributed by atoms with E-state index in [-0.39, 0.29) is 0 Å². The molecule has 0 aliphatic rings. The first-order chi connectivity index (χ1) is 8.29. The van der Waals surface area contributed by atoms with Gasteiger partial charge in [-0.15, -0.1) is 0 Å². The molecule has 2 nitrogen and oxygen atoms in total. The standard InChI is InChI=1S/C15H18N2/c1-2-12-5-7-13(8-6-12)9-10-14-4-3-11-17-15(14)16/h3-8,11H,2,9-10H2,1H3,(H2,16,17). The third kappa shape index (κ3) is 3.06. The Kier molecular flexibility index (Phi) is 3.76. The van der Waals surface area contributed by atoms with Gasteiger partial charge >= 0.3 is 0 Å². The lowest BCUT2D eigenvalue weighted by atomic mass is 10.0. The molecular formula is C15H18N2. The predicted octanol–water partition coefficient (Wildman–Crippen LogP) is 3.01. The third-order valence-corrected chi connectivity index (χ3v) is 3.04. The molecule has 0 fully saturated rings. The van der Waals surface area contributed by atoms with Crippen molar-refractivity contribution < 1.29 is 0 Å². The summed E-state index contributed by atoms with van der Waals surface area (Å²) in [4.78, 5) is 4.10. The topological polar surface area (TPSA) is 38.9 Å². The van der Waals surface area contributed by atoms with Crippen LogP contribution in [-0.4, -0.2) is 4.98 Å². The molecule has 0 radical (unpaired) electrons. The predicted molar refractivity (Wildman–Crippen MR) is 71.9 cm³/mol. The fourth-order valence-corrected chi connectivity index (χ4v) is 1.88. The first-order valence-electron chi connectivity index (χ1n) is 6.06. The second-order valence-electron chi connectivity index (χ2n) is 4.22. The number of rotatable bonds is 4. The average molecular weight is 226 g/mol. The van der Waals surface area contributed by atoms with Gasteiger partial charge in [-0.25, -0.2) is 4.98 Å². The van der Waals surface area contributed by atoms with Crippen molar-refractivity contribution >= 4 is 5.82 Å². The van der Waals surface area contributed by atoms with Crippen molar-refractivity contribution in [3.05, 3.63) is 59.3 Å². The lowest BCUT2D eigenvalue weighted by molar-refractivity contribution is 0.951. The lowest BCUT2D eigenvalue weighted by Crippen LogP contribution is -1.99. The summed E-state index contributed by atoms with van der Waals surface area (Å²) in [5, 5.41) is 0. The van der Waals surface area contributed by atoms with Crippen LogP contribution in [0.3, 0.4) is 0 Å². The number of nitrogens with zero attached hydrogens (tertiary/aromatic N) is 1. The smallest absolute Gasteiger partial charge is 0.126 e. The van der Waals surface area contributed by atoms with Crippen molar-refractivity contribution in [2.75, 3.05) is 5.73 Å². The Morgan fingerprint density at radius 1 is 1.00 bits per heavy atom. The first kappa shape index (κ1) is 11.6. The second kappa shape index (κ2) is 5.48. The zero-order valence-electron chi connectivity index (χ0n) is 10.2. The third-order valence-electron chi connectivity index (χ3n) is 3.04. The minimum absolute atomic E-state index is 0.651. The Balaban J connectivity index is 2.00. The van der Waals surface area contributed by atoms with Crippen molar-refractivity contribution in [3.8, 4) is 0 Å². The summed E-state index contributed by atoms with van der Waals surface area (Å²) >= 11 is 0. The molecule has 2 N–H and O–H groups in total. The summed E-state index contributed by atoms with van der Waals surface area (Å²) in [7, 11) is 0. The van der Waals surface area contributed by atoms with E-state index in [1.165, 1.54) is 11.1 Å². The summed E-state index contributed by atoms with van der Waals surface area (Å²) in [6.45, 7) is 2.17. The van der Waals surface area contributed by atoms with Gasteiger partial charge in [0, 0.05) is 6.20 Å². The van der Waals surface area contributed by atoms with Gasteiger partial charge in [0.05, 0.1) is 0 Å². The molecule has 2 heteroatoms. The number of nitrogens with two attached hydrogens (primary N) is 1. The van der Waals surface area contributed by atoms with Crippen LogP contribution in [0, 0.1) is 0 Å². The van der Waals surface area contributed by atoms with Crippen molar-refractivity contribution in [2.45, 2.75) is 26.2 Å². The van der Waals surface area contributed by atoms with Gasteiger partial charge in [-0.05, 0) is 42.0 Å². The van der Waals surface area contributed by atoms with Crippen LogP contribution >= 0.6 is 0 Å². The maximum absolute atomic E-state index is 5.82. The highest BCUT2D eigenvalue weighted by Gasteiger charge is 2.00. The van der Waals surface area contributed by atoms with Gasteiger partial charge in [-0.2, -0.15) is 0 Å². The summed E-state index contributed by atoms with van der Waals surface area (Å²) in [6, 6.07) is 12.8. The first-order valence-corrected chi connectivity index (χ1v) is 6.06.